The number of benzene rings is 2. The third kappa shape index (κ3) is 2.89. The molecule has 4 rings (SSSR count). The van der Waals surface area contributed by atoms with E-state index >= 15 is 0 Å². The van der Waals surface area contributed by atoms with Gasteiger partial charge in [-0.05, 0) is 12.1 Å². The van der Waals surface area contributed by atoms with Crippen molar-refractivity contribution < 1.29 is 5.03 Å². The van der Waals surface area contributed by atoms with E-state index in [0.717, 1.165) is 26.7 Å². The summed E-state index contributed by atoms with van der Waals surface area (Å²) >= 11 is 1.46. The molecule has 0 amide bonds. The van der Waals surface area contributed by atoms with Gasteiger partial charge in [0.05, 0.1) is 18.2 Å². The molecule has 1 aromatic heterocycles. The van der Waals surface area contributed by atoms with E-state index in [4.69, 9.17) is 0 Å². The number of aromatic nitrogens is 2. The Bertz CT molecular complexity index is 925. The van der Waals surface area contributed by atoms with E-state index in [1.54, 1.807) is 29.5 Å². The lowest BCUT2D eigenvalue weighted by Gasteiger charge is -2.29. The van der Waals surface area contributed by atoms with Crippen molar-refractivity contribution in [2.45, 2.75) is 10.3 Å². The van der Waals surface area contributed by atoms with Crippen LogP contribution in [0, 0.1) is 10.1 Å². The highest BCUT2D eigenvalue weighted by Crippen LogP contribution is 2.44. The molecule has 3 aromatic rings. The molecule has 0 radical (unpaired) electrons. The summed E-state index contributed by atoms with van der Waals surface area (Å²) in [7, 11) is 0. The molecule has 2 heterocycles. The summed E-state index contributed by atoms with van der Waals surface area (Å²) in [4.78, 5) is 16.8. The van der Waals surface area contributed by atoms with E-state index in [1.807, 2.05) is 54.6 Å². The van der Waals surface area contributed by atoms with E-state index in [9.17, 15) is 10.1 Å². The average Bonchev–Trinajstić information content (AvgIpc) is 3.17. The van der Waals surface area contributed by atoms with Crippen molar-refractivity contribution in [3.63, 3.8) is 0 Å². The number of fused-ring (bicyclic) bond motifs is 1. The number of hydrazine groups is 1. The first-order valence-corrected chi connectivity index (χ1v) is 8.56. The van der Waals surface area contributed by atoms with Crippen molar-refractivity contribution in [1.82, 2.24) is 14.6 Å². The van der Waals surface area contributed by atoms with Crippen molar-refractivity contribution >= 4 is 17.5 Å². The molecule has 0 saturated heterocycles. The van der Waals surface area contributed by atoms with E-state index in [1.165, 1.54) is 11.8 Å². The zero-order valence-electron chi connectivity index (χ0n) is 13.1. The van der Waals surface area contributed by atoms with Crippen molar-refractivity contribution in [3.8, 4) is 0 Å². The minimum absolute atomic E-state index is 0.368. The minimum Gasteiger partial charge on any atom is -0.304 e. The molecule has 0 N–H and O–H groups in total. The summed E-state index contributed by atoms with van der Waals surface area (Å²) in [6, 6.07) is 17.5. The summed E-state index contributed by atoms with van der Waals surface area (Å²) in [6.45, 7) is 0. The van der Waals surface area contributed by atoms with Crippen molar-refractivity contribution in [1.29, 1.82) is 0 Å². The van der Waals surface area contributed by atoms with Gasteiger partial charge in [0.1, 0.15) is 0 Å². The lowest BCUT2D eigenvalue weighted by atomic mass is 10.0. The Morgan fingerprint density at radius 3 is 2.56 bits per heavy atom. The molecular weight excluding hydrogens is 336 g/mol. The van der Waals surface area contributed by atoms with Crippen LogP contribution in [-0.2, 0) is 0 Å². The van der Waals surface area contributed by atoms with E-state index < -0.39 is 5.37 Å². The van der Waals surface area contributed by atoms with E-state index in [0.29, 0.717) is 0 Å². The van der Waals surface area contributed by atoms with Gasteiger partial charge >= 0.3 is 0 Å². The first-order chi connectivity index (χ1) is 12.2. The second kappa shape index (κ2) is 6.45. The monoisotopic (exact) mass is 350 g/mol. The SMILES string of the molecule is O=[N+]([O-])N1C=C(n2ccnc2)c2ccccc2C1Sc1ccccc1. The number of nitro groups is 1. The molecule has 0 bridgehead atoms. The standard InChI is InChI=1S/C18H14N4O2S/c23-22(24)21-12-17(20-11-10-19-13-20)15-8-4-5-9-16(15)18(21)25-14-6-2-1-3-7-14/h1-13,18H. The third-order valence-corrected chi connectivity index (χ3v) is 5.20. The fourth-order valence-electron chi connectivity index (χ4n) is 2.84. The van der Waals surface area contributed by atoms with Crippen LogP contribution in [0.5, 0.6) is 0 Å². The number of rotatable bonds is 4. The summed E-state index contributed by atoms with van der Waals surface area (Å²) < 4.78 is 1.79. The summed E-state index contributed by atoms with van der Waals surface area (Å²) in [5.41, 5.74) is 2.60. The Hall–Kier alpha value is -3.06. The fraction of sp³-hybridized carbons (Fsp3) is 0.0556. The van der Waals surface area contributed by atoms with Crippen molar-refractivity contribution in [3.05, 3.63) is 101 Å². The van der Waals surface area contributed by atoms with Gasteiger partial charge in [-0.1, -0.05) is 59.2 Å². The average molecular weight is 350 g/mol. The molecule has 1 atom stereocenters. The van der Waals surface area contributed by atoms with Crippen LogP contribution >= 0.6 is 11.8 Å². The van der Waals surface area contributed by atoms with Crippen LogP contribution in [0.4, 0.5) is 0 Å². The highest BCUT2D eigenvalue weighted by Gasteiger charge is 2.35. The molecule has 0 aliphatic carbocycles. The quantitative estimate of drug-likeness (QED) is 0.525. The van der Waals surface area contributed by atoms with Crippen LogP contribution < -0.4 is 0 Å². The Labute approximate surface area is 148 Å². The Kier molecular flexibility index (Phi) is 3.99. The third-order valence-electron chi connectivity index (χ3n) is 3.96. The highest BCUT2D eigenvalue weighted by molar-refractivity contribution is 7.99. The van der Waals surface area contributed by atoms with Gasteiger partial charge in [0.2, 0.25) is 0 Å². The molecule has 124 valence electrons. The van der Waals surface area contributed by atoms with Crippen LogP contribution in [0.1, 0.15) is 16.5 Å². The van der Waals surface area contributed by atoms with E-state index in [-0.39, 0.29) is 5.03 Å². The number of imidazole rings is 1. The first-order valence-electron chi connectivity index (χ1n) is 7.68. The molecule has 25 heavy (non-hydrogen) atoms. The fourth-order valence-corrected chi connectivity index (χ4v) is 3.99. The topological polar surface area (TPSA) is 64.2 Å². The van der Waals surface area contributed by atoms with Gasteiger partial charge in [0, 0.05) is 28.4 Å². The Balaban J connectivity index is 1.83. The van der Waals surface area contributed by atoms with Gasteiger partial charge < -0.3 is 4.57 Å². The smallest absolute Gasteiger partial charge is 0.170 e. The predicted molar refractivity (Wildman–Crippen MR) is 95.9 cm³/mol. The Morgan fingerprint density at radius 2 is 1.84 bits per heavy atom. The molecule has 1 aliphatic rings. The maximum Gasteiger partial charge on any atom is 0.170 e. The van der Waals surface area contributed by atoms with Crippen molar-refractivity contribution in [2.75, 3.05) is 0 Å². The Morgan fingerprint density at radius 1 is 1.08 bits per heavy atom. The number of thioether (sulfide) groups is 1. The normalized spacial score (nSPS) is 16.2. The van der Waals surface area contributed by atoms with Gasteiger partial charge in [-0.25, -0.2) is 15.1 Å². The summed E-state index contributed by atoms with van der Waals surface area (Å²) in [5.74, 6) is 0. The molecule has 0 saturated carbocycles. The first kappa shape index (κ1) is 15.5. The van der Waals surface area contributed by atoms with Gasteiger partial charge in [-0.3, -0.25) is 0 Å². The number of hydrogen-bond donors (Lipinski definition) is 0. The summed E-state index contributed by atoms with van der Waals surface area (Å²) in [5, 5.41) is 12.1. The maximum atomic E-state index is 11.7. The minimum atomic E-state index is -0.444. The molecule has 7 heteroatoms. The van der Waals surface area contributed by atoms with Crippen LogP contribution in [0.2, 0.25) is 0 Å². The van der Waals surface area contributed by atoms with Crippen molar-refractivity contribution in [2.24, 2.45) is 0 Å². The zero-order chi connectivity index (χ0) is 17.2. The second-order valence-corrected chi connectivity index (χ2v) is 6.63. The van der Waals surface area contributed by atoms with E-state index in [2.05, 4.69) is 4.98 Å². The van der Waals surface area contributed by atoms with Crippen LogP contribution in [0.15, 0.2) is 84.4 Å². The number of hydrogen-bond acceptors (Lipinski definition) is 4. The zero-order valence-corrected chi connectivity index (χ0v) is 13.9. The molecule has 1 unspecified atom stereocenters. The van der Waals surface area contributed by atoms with Gasteiger partial charge in [0.15, 0.2) is 10.4 Å². The van der Waals surface area contributed by atoms with Gasteiger partial charge in [-0.2, -0.15) is 0 Å². The van der Waals surface area contributed by atoms with Crippen LogP contribution in [-0.4, -0.2) is 19.6 Å². The molecule has 0 spiro atoms. The molecule has 0 fully saturated rings. The van der Waals surface area contributed by atoms with Gasteiger partial charge in [0.25, 0.3) is 0 Å². The van der Waals surface area contributed by atoms with Crippen LogP contribution in [0.25, 0.3) is 5.70 Å². The lowest BCUT2D eigenvalue weighted by molar-refractivity contribution is -0.644. The predicted octanol–water partition coefficient (Wildman–Crippen LogP) is 4.03. The molecular formula is C18H14N4O2S. The number of nitrogens with zero attached hydrogens (tertiary/aromatic N) is 4. The molecule has 2 aromatic carbocycles. The molecule has 6 nitrogen and oxygen atoms in total. The molecule has 1 aliphatic heterocycles. The summed E-state index contributed by atoms with van der Waals surface area (Å²) in [6.07, 6.45) is 6.66. The largest absolute Gasteiger partial charge is 0.304 e. The highest BCUT2D eigenvalue weighted by atomic mass is 32.2. The lowest BCUT2D eigenvalue weighted by Crippen LogP contribution is -2.32. The van der Waals surface area contributed by atoms with Crippen LogP contribution in [0.3, 0.4) is 0 Å². The second-order valence-electron chi connectivity index (χ2n) is 5.47. The maximum absolute atomic E-state index is 11.7. The van der Waals surface area contributed by atoms with Gasteiger partial charge in [-0.15, -0.1) is 0 Å².